The lowest BCUT2D eigenvalue weighted by Gasteiger charge is -2.43. The summed E-state index contributed by atoms with van der Waals surface area (Å²) < 4.78 is 5.38. The average Bonchev–Trinajstić information content (AvgIpc) is 3.21. The van der Waals surface area contributed by atoms with Crippen molar-refractivity contribution in [3.63, 3.8) is 0 Å². The van der Waals surface area contributed by atoms with Gasteiger partial charge in [0.15, 0.2) is 6.61 Å². The van der Waals surface area contributed by atoms with Gasteiger partial charge in [-0.3, -0.25) is 14.5 Å². The fourth-order valence-corrected chi connectivity index (χ4v) is 4.80. The van der Waals surface area contributed by atoms with Crippen LogP contribution >= 0.6 is 11.8 Å². The molecule has 3 rings (SSSR count). The number of nitrogens with one attached hydrogen (secondary N) is 2. The third-order valence-corrected chi connectivity index (χ3v) is 6.33. The van der Waals surface area contributed by atoms with Crippen LogP contribution in [0.1, 0.15) is 25.7 Å². The Labute approximate surface area is 165 Å². The number of hydrogen-bond acceptors (Lipinski definition) is 5. The average molecular weight is 392 g/mol. The number of carbonyl (C=O) groups excluding carboxylic acids is 2. The first-order valence-corrected chi connectivity index (χ1v) is 10.9. The van der Waals surface area contributed by atoms with Crippen LogP contribution in [0.25, 0.3) is 0 Å². The van der Waals surface area contributed by atoms with E-state index in [1.54, 1.807) is 12.1 Å². The Bertz CT molecular complexity index is 614. The van der Waals surface area contributed by atoms with Gasteiger partial charge in [0.05, 0.1) is 6.54 Å². The van der Waals surface area contributed by atoms with Crippen LogP contribution in [-0.4, -0.2) is 66.5 Å². The molecule has 7 heteroatoms. The summed E-state index contributed by atoms with van der Waals surface area (Å²) >= 11 is 2.01. The summed E-state index contributed by atoms with van der Waals surface area (Å²) in [5.74, 6) is 2.55. The van der Waals surface area contributed by atoms with Gasteiger partial charge < -0.3 is 15.4 Å². The number of rotatable bonds is 8. The predicted octanol–water partition coefficient (Wildman–Crippen LogP) is 1.66. The summed E-state index contributed by atoms with van der Waals surface area (Å²) in [6.07, 6.45) is 4.75. The van der Waals surface area contributed by atoms with Crippen molar-refractivity contribution in [2.45, 2.75) is 31.2 Å². The van der Waals surface area contributed by atoms with Crippen molar-refractivity contribution in [3.05, 3.63) is 30.3 Å². The number of hydrogen-bond donors (Lipinski definition) is 2. The lowest BCUT2D eigenvalue weighted by molar-refractivity contribution is -0.127. The van der Waals surface area contributed by atoms with Gasteiger partial charge in [-0.05, 0) is 25.0 Å². The van der Waals surface area contributed by atoms with Crippen LogP contribution in [0.15, 0.2) is 30.3 Å². The van der Waals surface area contributed by atoms with Gasteiger partial charge in [0.1, 0.15) is 5.75 Å². The Morgan fingerprint density at radius 3 is 2.44 bits per heavy atom. The van der Waals surface area contributed by atoms with Gasteiger partial charge in [-0.25, -0.2) is 0 Å². The molecule has 1 heterocycles. The van der Waals surface area contributed by atoms with E-state index >= 15 is 0 Å². The molecule has 2 amide bonds. The van der Waals surface area contributed by atoms with E-state index in [0.29, 0.717) is 12.3 Å². The molecule has 148 valence electrons. The maximum Gasteiger partial charge on any atom is 0.258 e. The fourth-order valence-electron chi connectivity index (χ4n) is 3.90. The minimum atomic E-state index is -0.294. The molecule has 27 heavy (non-hydrogen) atoms. The molecule has 0 aromatic heterocycles. The topological polar surface area (TPSA) is 70.7 Å². The van der Waals surface area contributed by atoms with Crippen LogP contribution in [0.5, 0.6) is 5.75 Å². The number of benzene rings is 1. The highest BCUT2D eigenvalue weighted by Gasteiger charge is 2.40. The second-order valence-electron chi connectivity index (χ2n) is 7.19. The minimum absolute atomic E-state index is 0.0110. The zero-order valence-corrected chi connectivity index (χ0v) is 16.6. The Morgan fingerprint density at radius 1 is 1.04 bits per heavy atom. The maximum atomic E-state index is 12.2. The van der Waals surface area contributed by atoms with Crippen LogP contribution in [0, 0.1) is 0 Å². The summed E-state index contributed by atoms with van der Waals surface area (Å²) in [6.45, 7) is 2.78. The summed E-state index contributed by atoms with van der Waals surface area (Å²) in [4.78, 5) is 26.7. The zero-order valence-electron chi connectivity index (χ0n) is 15.7. The first-order chi connectivity index (χ1) is 13.2. The number of carbonyl (C=O) groups is 2. The van der Waals surface area contributed by atoms with Crippen LogP contribution in [0.4, 0.5) is 0 Å². The molecule has 2 aliphatic rings. The molecule has 6 nitrogen and oxygen atoms in total. The predicted molar refractivity (Wildman–Crippen MR) is 108 cm³/mol. The van der Waals surface area contributed by atoms with Crippen molar-refractivity contribution in [1.82, 2.24) is 15.5 Å². The van der Waals surface area contributed by atoms with Crippen LogP contribution in [-0.2, 0) is 9.59 Å². The molecule has 1 aliphatic carbocycles. The number of nitrogens with zero attached hydrogens (tertiary/aromatic N) is 1. The molecule has 0 radical (unpaired) electrons. The standard InChI is InChI=1S/C20H29N3O3S/c24-18(14-21-19(25)15-26-17-6-2-1-3-7-17)22-16-20(8-4-5-9-20)23-10-12-27-13-11-23/h1-3,6-7H,4-5,8-16H2,(H,21,25)(H,22,24). The molecular formula is C20H29N3O3S. The van der Waals surface area contributed by atoms with Crippen LogP contribution < -0.4 is 15.4 Å². The normalized spacial score (nSPS) is 19.4. The fraction of sp³-hybridized carbons (Fsp3) is 0.600. The molecule has 0 spiro atoms. The number of amides is 2. The first-order valence-electron chi connectivity index (χ1n) is 9.72. The molecule has 1 aromatic rings. The van der Waals surface area contributed by atoms with E-state index < -0.39 is 0 Å². The third-order valence-electron chi connectivity index (χ3n) is 5.39. The summed E-state index contributed by atoms with van der Waals surface area (Å²) in [7, 11) is 0. The van der Waals surface area contributed by atoms with Crippen molar-refractivity contribution in [2.24, 2.45) is 0 Å². The molecule has 1 aliphatic heterocycles. The molecule has 1 saturated heterocycles. The summed E-state index contributed by atoms with van der Waals surface area (Å²) in [6, 6.07) is 9.17. The summed E-state index contributed by atoms with van der Waals surface area (Å²) in [5, 5.41) is 5.68. The van der Waals surface area contributed by atoms with Gasteiger partial charge in [0.2, 0.25) is 5.91 Å². The number of para-hydroxylation sites is 1. The maximum absolute atomic E-state index is 12.2. The highest BCUT2D eigenvalue weighted by Crippen LogP contribution is 2.36. The third kappa shape index (κ3) is 5.87. The van der Waals surface area contributed by atoms with Crippen LogP contribution in [0.3, 0.4) is 0 Å². The van der Waals surface area contributed by atoms with Crippen molar-refractivity contribution in [3.8, 4) is 5.75 Å². The van der Waals surface area contributed by atoms with Crippen molar-refractivity contribution in [2.75, 3.05) is 44.3 Å². The Balaban J connectivity index is 1.38. The second-order valence-corrected chi connectivity index (χ2v) is 8.41. The molecule has 1 aromatic carbocycles. The van der Waals surface area contributed by atoms with E-state index in [-0.39, 0.29) is 30.5 Å². The Kier molecular flexibility index (Phi) is 7.41. The SMILES string of the molecule is O=C(CNC(=O)COc1ccccc1)NCC1(N2CCSCC2)CCCC1. The van der Waals surface area contributed by atoms with Crippen molar-refractivity contribution in [1.29, 1.82) is 0 Å². The zero-order chi connectivity index (χ0) is 19.0. The molecule has 0 unspecified atom stereocenters. The highest BCUT2D eigenvalue weighted by molar-refractivity contribution is 7.99. The summed E-state index contributed by atoms with van der Waals surface area (Å²) in [5.41, 5.74) is 0.108. The van der Waals surface area contributed by atoms with Gasteiger partial charge in [-0.2, -0.15) is 11.8 Å². The van der Waals surface area contributed by atoms with Gasteiger partial charge in [0, 0.05) is 36.7 Å². The first kappa shape index (κ1) is 20.0. The van der Waals surface area contributed by atoms with E-state index in [1.165, 1.54) is 24.3 Å². The molecule has 1 saturated carbocycles. The lowest BCUT2D eigenvalue weighted by Crippen LogP contribution is -2.57. The van der Waals surface area contributed by atoms with E-state index in [0.717, 1.165) is 25.9 Å². The Morgan fingerprint density at radius 2 is 1.74 bits per heavy atom. The van der Waals surface area contributed by atoms with Gasteiger partial charge in [0.25, 0.3) is 5.91 Å². The van der Waals surface area contributed by atoms with E-state index in [2.05, 4.69) is 15.5 Å². The smallest absolute Gasteiger partial charge is 0.258 e. The largest absolute Gasteiger partial charge is 0.484 e. The highest BCUT2D eigenvalue weighted by atomic mass is 32.2. The van der Waals surface area contributed by atoms with Gasteiger partial charge >= 0.3 is 0 Å². The van der Waals surface area contributed by atoms with Crippen molar-refractivity contribution >= 4 is 23.6 Å². The molecule has 2 N–H and O–H groups in total. The molecule has 0 atom stereocenters. The number of ether oxygens (including phenoxy) is 1. The molecule has 0 bridgehead atoms. The molecule has 2 fully saturated rings. The van der Waals surface area contributed by atoms with E-state index in [9.17, 15) is 9.59 Å². The number of thioether (sulfide) groups is 1. The van der Waals surface area contributed by atoms with E-state index in [4.69, 9.17) is 4.74 Å². The molecular weight excluding hydrogens is 362 g/mol. The second kappa shape index (κ2) is 9.99. The lowest BCUT2D eigenvalue weighted by atomic mass is 9.94. The quantitative estimate of drug-likeness (QED) is 0.705. The minimum Gasteiger partial charge on any atom is -0.484 e. The van der Waals surface area contributed by atoms with E-state index in [1.807, 2.05) is 30.0 Å². The Hall–Kier alpha value is -1.73. The van der Waals surface area contributed by atoms with Gasteiger partial charge in [-0.1, -0.05) is 31.0 Å². The van der Waals surface area contributed by atoms with Crippen molar-refractivity contribution < 1.29 is 14.3 Å². The monoisotopic (exact) mass is 391 g/mol. The van der Waals surface area contributed by atoms with Crippen LogP contribution in [0.2, 0.25) is 0 Å². The van der Waals surface area contributed by atoms with Gasteiger partial charge in [-0.15, -0.1) is 0 Å².